The summed E-state index contributed by atoms with van der Waals surface area (Å²) < 4.78 is 31.7. The number of hydrogen-bond acceptors (Lipinski definition) is 4. The number of nitrogens with one attached hydrogen (secondary N) is 1. The molecule has 0 radical (unpaired) electrons. The number of aryl methyl sites for hydroxylation is 2. The second kappa shape index (κ2) is 9.27. The van der Waals surface area contributed by atoms with Gasteiger partial charge < -0.3 is 10.1 Å². The van der Waals surface area contributed by atoms with E-state index in [-0.39, 0.29) is 18.9 Å². The highest BCUT2D eigenvalue weighted by Gasteiger charge is 2.31. The first-order chi connectivity index (χ1) is 14.2. The lowest BCUT2D eigenvalue weighted by Gasteiger charge is -2.21. The number of ether oxygens (including phenoxy) is 1. The summed E-state index contributed by atoms with van der Waals surface area (Å²) in [5.41, 5.74) is 3.85. The van der Waals surface area contributed by atoms with Crippen molar-refractivity contribution in [2.24, 2.45) is 0 Å². The maximum absolute atomic E-state index is 12.9. The quantitative estimate of drug-likeness (QED) is 0.728. The summed E-state index contributed by atoms with van der Waals surface area (Å²) in [6, 6.07) is 11.1. The molecule has 2 aromatic carbocycles. The van der Waals surface area contributed by atoms with E-state index in [1.54, 1.807) is 18.2 Å². The van der Waals surface area contributed by atoms with Gasteiger partial charge in [0.25, 0.3) is 5.91 Å². The summed E-state index contributed by atoms with van der Waals surface area (Å²) in [4.78, 5) is 12.9. The number of fused-ring (bicyclic) bond motifs is 1. The van der Waals surface area contributed by atoms with Crippen LogP contribution in [0.15, 0.2) is 36.4 Å². The maximum atomic E-state index is 12.9. The summed E-state index contributed by atoms with van der Waals surface area (Å²) in [7, 11) is -3.54. The second-order valence-corrected chi connectivity index (χ2v) is 9.71. The van der Waals surface area contributed by atoms with E-state index in [4.69, 9.17) is 16.3 Å². The molecule has 2 aromatic rings. The Kier molecular flexibility index (Phi) is 6.93. The Bertz CT molecular complexity index is 1040. The van der Waals surface area contributed by atoms with Crippen LogP contribution in [0.25, 0.3) is 0 Å². The van der Waals surface area contributed by atoms with Crippen molar-refractivity contribution in [3.63, 3.8) is 0 Å². The summed E-state index contributed by atoms with van der Waals surface area (Å²) >= 11 is 6.06. The molecule has 1 aliphatic rings. The molecule has 1 heterocycles. The molecule has 1 aliphatic heterocycles. The van der Waals surface area contributed by atoms with E-state index in [2.05, 4.69) is 37.4 Å². The van der Waals surface area contributed by atoms with Crippen molar-refractivity contribution in [2.75, 3.05) is 17.1 Å². The zero-order chi connectivity index (χ0) is 21.9. The average molecular weight is 451 g/mol. The van der Waals surface area contributed by atoms with Crippen LogP contribution in [0, 0.1) is 0 Å². The zero-order valence-corrected chi connectivity index (χ0v) is 19.0. The number of sulfonamides is 1. The van der Waals surface area contributed by atoms with Crippen LogP contribution < -0.4 is 14.4 Å². The van der Waals surface area contributed by atoms with E-state index in [1.165, 1.54) is 15.4 Å². The van der Waals surface area contributed by atoms with Gasteiger partial charge in [-0.25, -0.2) is 8.42 Å². The lowest BCUT2D eigenvalue weighted by atomic mass is 10.0. The number of amides is 1. The lowest BCUT2D eigenvalue weighted by Crippen LogP contribution is -2.39. The number of rotatable bonds is 6. The highest BCUT2D eigenvalue weighted by Crippen LogP contribution is 2.36. The van der Waals surface area contributed by atoms with Gasteiger partial charge in [-0.05, 0) is 47.7 Å². The van der Waals surface area contributed by atoms with Gasteiger partial charge in [-0.1, -0.05) is 43.6 Å². The normalized spacial score (nSPS) is 16.4. The Hall–Kier alpha value is -2.25. The zero-order valence-electron chi connectivity index (χ0n) is 17.4. The molecule has 1 unspecified atom stereocenters. The molecule has 0 fully saturated rings. The van der Waals surface area contributed by atoms with Crippen LogP contribution in [0.3, 0.4) is 0 Å². The van der Waals surface area contributed by atoms with Crippen LogP contribution in [0.1, 0.15) is 37.0 Å². The first-order valence-electron chi connectivity index (χ1n) is 10.0. The third-order valence-electron chi connectivity index (χ3n) is 5.26. The Morgan fingerprint density at radius 3 is 2.60 bits per heavy atom. The molecule has 6 nitrogen and oxygen atoms in total. The molecule has 0 aromatic heterocycles. The first kappa shape index (κ1) is 22.4. The van der Waals surface area contributed by atoms with E-state index in [0.29, 0.717) is 23.0 Å². The minimum absolute atomic E-state index is 0.135. The minimum Gasteiger partial charge on any atom is -0.478 e. The van der Waals surface area contributed by atoms with Crippen molar-refractivity contribution < 1.29 is 17.9 Å². The van der Waals surface area contributed by atoms with Crippen LogP contribution in [0.4, 0.5) is 5.69 Å². The van der Waals surface area contributed by atoms with Crippen LogP contribution >= 0.6 is 11.6 Å². The van der Waals surface area contributed by atoms with Gasteiger partial charge in [-0.15, -0.1) is 0 Å². The van der Waals surface area contributed by atoms with E-state index < -0.39 is 16.1 Å². The van der Waals surface area contributed by atoms with Gasteiger partial charge >= 0.3 is 0 Å². The van der Waals surface area contributed by atoms with Gasteiger partial charge in [0.15, 0.2) is 6.10 Å². The average Bonchev–Trinajstić information content (AvgIpc) is 2.91. The van der Waals surface area contributed by atoms with E-state index in [9.17, 15) is 13.2 Å². The molecule has 3 rings (SSSR count). The third-order valence-corrected chi connectivity index (χ3v) is 6.67. The molecule has 0 saturated carbocycles. The van der Waals surface area contributed by atoms with E-state index in [0.717, 1.165) is 24.7 Å². The SMILES string of the molecule is CCc1ccc(CC)c(CNC(=O)C2CCN(S(C)(=O)=O)c3cc(Cl)ccc3O2)c1. The van der Waals surface area contributed by atoms with Gasteiger partial charge in [0.1, 0.15) is 5.75 Å². The maximum Gasteiger partial charge on any atom is 0.261 e. The summed E-state index contributed by atoms with van der Waals surface area (Å²) in [6.45, 7) is 4.72. The Morgan fingerprint density at radius 1 is 1.17 bits per heavy atom. The molecule has 1 amide bonds. The molecular weight excluding hydrogens is 424 g/mol. The predicted octanol–water partition coefficient (Wildman–Crippen LogP) is 3.70. The molecule has 0 bridgehead atoms. The van der Waals surface area contributed by atoms with Gasteiger partial charge in [-0.2, -0.15) is 0 Å². The van der Waals surface area contributed by atoms with Gasteiger partial charge in [0.2, 0.25) is 10.0 Å². The standard InChI is InChI=1S/C22H27ClN2O4S/c1-4-15-6-7-16(5-2)17(12-15)14-24-22(26)21-10-11-25(30(3,27)28)19-13-18(23)8-9-20(19)29-21/h6-9,12-13,21H,4-5,10-11,14H2,1-3H3,(H,24,26). The molecule has 0 spiro atoms. The monoisotopic (exact) mass is 450 g/mol. The molecule has 0 aliphatic carbocycles. The fourth-order valence-electron chi connectivity index (χ4n) is 3.59. The van der Waals surface area contributed by atoms with Crippen LogP contribution in [0.5, 0.6) is 5.75 Å². The molecule has 8 heteroatoms. The second-order valence-electron chi connectivity index (χ2n) is 7.37. The number of benzene rings is 2. The van der Waals surface area contributed by atoms with Crippen molar-refractivity contribution in [2.45, 2.75) is 45.8 Å². The van der Waals surface area contributed by atoms with Crippen LogP contribution in [-0.4, -0.2) is 33.2 Å². The number of hydrogen-bond donors (Lipinski definition) is 1. The fraction of sp³-hybridized carbons (Fsp3) is 0.409. The smallest absolute Gasteiger partial charge is 0.261 e. The van der Waals surface area contributed by atoms with Crippen LogP contribution in [-0.2, 0) is 34.2 Å². The minimum atomic E-state index is -3.54. The number of carbonyl (C=O) groups is 1. The number of carbonyl (C=O) groups excluding carboxylic acids is 1. The van der Waals surface area contributed by atoms with E-state index >= 15 is 0 Å². The third kappa shape index (κ3) is 5.08. The molecule has 0 saturated heterocycles. The lowest BCUT2D eigenvalue weighted by molar-refractivity contribution is -0.128. The largest absolute Gasteiger partial charge is 0.478 e. The fourth-order valence-corrected chi connectivity index (χ4v) is 4.69. The molecule has 1 N–H and O–H groups in total. The van der Waals surface area contributed by atoms with Gasteiger partial charge in [0, 0.05) is 24.5 Å². The van der Waals surface area contributed by atoms with Gasteiger partial charge in [-0.3, -0.25) is 9.10 Å². The highest BCUT2D eigenvalue weighted by atomic mass is 35.5. The van der Waals surface area contributed by atoms with Crippen molar-refractivity contribution in [1.82, 2.24) is 5.32 Å². The predicted molar refractivity (Wildman–Crippen MR) is 120 cm³/mol. The molecular formula is C22H27ClN2O4S. The Morgan fingerprint density at radius 2 is 1.93 bits per heavy atom. The summed E-state index contributed by atoms with van der Waals surface area (Å²) in [5, 5.41) is 3.36. The van der Waals surface area contributed by atoms with Crippen LogP contribution in [0.2, 0.25) is 5.02 Å². The summed E-state index contributed by atoms with van der Waals surface area (Å²) in [5.74, 6) is 0.0555. The highest BCUT2D eigenvalue weighted by molar-refractivity contribution is 7.92. The van der Waals surface area contributed by atoms with Crippen molar-refractivity contribution in [3.8, 4) is 5.75 Å². The summed E-state index contributed by atoms with van der Waals surface area (Å²) in [6.07, 6.45) is 2.38. The van der Waals surface area contributed by atoms with E-state index in [1.807, 2.05) is 0 Å². The first-order valence-corrected chi connectivity index (χ1v) is 12.3. The number of halogens is 1. The van der Waals surface area contributed by atoms with Crippen molar-refractivity contribution in [1.29, 1.82) is 0 Å². The molecule has 1 atom stereocenters. The molecule has 162 valence electrons. The Balaban J connectivity index is 1.79. The number of anilines is 1. The van der Waals surface area contributed by atoms with Crippen molar-refractivity contribution in [3.05, 3.63) is 58.1 Å². The molecule has 30 heavy (non-hydrogen) atoms. The van der Waals surface area contributed by atoms with Crippen molar-refractivity contribution >= 4 is 33.2 Å². The topological polar surface area (TPSA) is 75.7 Å². The number of nitrogens with zero attached hydrogens (tertiary/aromatic N) is 1. The van der Waals surface area contributed by atoms with Gasteiger partial charge in [0.05, 0.1) is 11.9 Å². The Labute approximate surface area is 183 Å².